The number of esters is 1. The predicted molar refractivity (Wildman–Crippen MR) is 70.4 cm³/mol. The first-order valence-corrected chi connectivity index (χ1v) is 5.95. The van der Waals surface area contributed by atoms with Gasteiger partial charge < -0.3 is 19.6 Å². The fourth-order valence-electron chi connectivity index (χ4n) is 1.93. The van der Waals surface area contributed by atoms with Gasteiger partial charge in [-0.2, -0.15) is 0 Å². The van der Waals surface area contributed by atoms with E-state index in [2.05, 4.69) is 4.98 Å². The molecule has 6 heteroatoms. The largest absolute Gasteiger partial charge is 0.497 e. The van der Waals surface area contributed by atoms with Crippen LogP contribution in [0.1, 0.15) is 23.2 Å². The van der Waals surface area contributed by atoms with Crippen LogP contribution in [0.5, 0.6) is 5.75 Å². The number of rotatable bonds is 4. The Bertz CT molecular complexity index is 604. The van der Waals surface area contributed by atoms with Crippen LogP contribution in [0, 0.1) is 0 Å². The summed E-state index contributed by atoms with van der Waals surface area (Å²) in [6, 6.07) is 3.52. The molecule has 0 spiro atoms. The molecule has 2 aromatic heterocycles. The van der Waals surface area contributed by atoms with Crippen LogP contribution in [0.25, 0.3) is 5.52 Å². The number of methoxy groups -OCH3 is 2. The van der Waals surface area contributed by atoms with E-state index in [1.165, 1.54) is 7.11 Å². The smallest absolute Gasteiger partial charge is 0.358 e. The Morgan fingerprint density at radius 1 is 1.53 bits per heavy atom. The molecular formula is C13H17N3O3. The van der Waals surface area contributed by atoms with Crippen LogP contribution >= 0.6 is 0 Å². The number of hydrogen-bond donors (Lipinski definition) is 1. The minimum Gasteiger partial charge on any atom is -0.497 e. The second-order valence-electron chi connectivity index (χ2n) is 4.37. The van der Waals surface area contributed by atoms with E-state index < -0.39 is 5.97 Å². The Morgan fingerprint density at radius 3 is 2.84 bits per heavy atom. The summed E-state index contributed by atoms with van der Waals surface area (Å²) in [7, 11) is 2.90. The van der Waals surface area contributed by atoms with Crippen molar-refractivity contribution >= 4 is 11.5 Å². The van der Waals surface area contributed by atoms with E-state index in [0.29, 0.717) is 17.7 Å². The Hall–Kier alpha value is -2.08. The number of pyridine rings is 1. The summed E-state index contributed by atoms with van der Waals surface area (Å²) >= 11 is 0. The van der Waals surface area contributed by atoms with Crippen molar-refractivity contribution in [1.29, 1.82) is 0 Å². The molecule has 0 aliphatic heterocycles. The van der Waals surface area contributed by atoms with Crippen LogP contribution in [0.2, 0.25) is 0 Å². The third-order valence-corrected chi connectivity index (χ3v) is 2.81. The van der Waals surface area contributed by atoms with Gasteiger partial charge in [0.2, 0.25) is 0 Å². The second kappa shape index (κ2) is 5.27. The Morgan fingerprint density at radius 2 is 2.26 bits per heavy atom. The van der Waals surface area contributed by atoms with Crippen molar-refractivity contribution in [1.82, 2.24) is 9.38 Å². The summed E-state index contributed by atoms with van der Waals surface area (Å²) in [6.45, 7) is 1.89. The predicted octanol–water partition coefficient (Wildman–Crippen LogP) is 1.02. The maximum absolute atomic E-state index is 11.8. The maximum Gasteiger partial charge on any atom is 0.358 e. The number of ether oxygens (including phenoxy) is 2. The van der Waals surface area contributed by atoms with E-state index in [0.717, 1.165) is 5.82 Å². The Balaban J connectivity index is 2.62. The third-order valence-electron chi connectivity index (χ3n) is 2.81. The molecule has 0 aliphatic carbocycles. The van der Waals surface area contributed by atoms with Gasteiger partial charge in [-0.05, 0) is 13.0 Å². The first-order valence-electron chi connectivity index (χ1n) is 5.95. The standard InChI is InChI=1S/C13H17N3O3/c1-8(14)6-11-15-12(13(17)19-3)10-7-9(18-2)4-5-16(10)11/h4-5,7-8H,6,14H2,1-3H3. The zero-order valence-corrected chi connectivity index (χ0v) is 11.2. The van der Waals surface area contributed by atoms with Crippen molar-refractivity contribution in [2.75, 3.05) is 14.2 Å². The summed E-state index contributed by atoms with van der Waals surface area (Å²) in [5, 5.41) is 0. The van der Waals surface area contributed by atoms with Crippen molar-refractivity contribution in [3.05, 3.63) is 29.8 Å². The average Bonchev–Trinajstić information content (AvgIpc) is 2.75. The van der Waals surface area contributed by atoms with Crippen molar-refractivity contribution in [2.24, 2.45) is 5.73 Å². The van der Waals surface area contributed by atoms with Crippen LogP contribution < -0.4 is 10.5 Å². The van der Waals surface area contributed by atoms with E-state index in [1.54, 1.807) is 19.2 Å². The number of fused-ring (bicyclic) bond motifs is 1. The van der Waals surface area contributed by atoms with Crippen molar-refractivity contribution < 1.29 is 14.3 Å². The highest BCUT2D eigenvalue weighted by Gasteiger charge is 2.19. The molecule has 0 bridgehead atoms. The molecule has 0 saturated carbocycles. The topological polar surface area (TPSA) is 78.8 Å². The molecule has 0 saturated heterocycles. The molecule has 0 radical (unpaired) electrons. The first-order chi connectivity index (χ1) is 9.06. The molecule has 2 rings (SSSR count). The highest BCUT2D eigenvalue weighted by molar-refractivity contribution is 5.95. The fourth-order valence-corrected chi connectivity index (χ4v) is 1.93. The third kappa shape index (κ3) is 2.53. The molecule has 2 heterocycles. The highest BCUT2D eigenvalue weighted by Crippen LogP contribution is 2.20. The lowest BCUT2D eigenvalue weighted by Gasteiger charge is -2.05. The van der Waals surface area contributed by atoms with Gasteiger partial charge in [-0.3, -0.25) is 0 Å². The Labute approximate surface area is 111 Å². The fraction of sp³-hybridized carbons (Fsp3) is 0.385. The molecule has 2 aromatic rings. The zero-order valence-electron chi connectivity index (χ0n) is 11.2. The van der Waals surface area contributed by atoms with Gasteiger partial charge in [0.15, 0.2) is 5.69 Å². The van der Waals surface area contributed by atoms with E-state index in [1.807, 2.05) is 17.5 Å². The van der Waals surface area contributed by atoms with Crippen LogP contribution in [0.4, 0.5) is 0 Å². The molecule has 102 valence electrons. The molecule has 0 amide bonds. The number of aromatic nitrogens is 2. The number of hydrogen-bond acceptors (Lipinski definition) is 5. The number of nitrogens with zero attached hydrogens (tertiary/aromatic N) is 2. The van der Waals surface area contributed by atoms with Gasteiger partial charge in [-0.25, -0.2) is 9.78 Å². The summed E-state index contributed by atoms with van der Waals surface area (Å²) in [5.74, 6) is 0.916. The minimum absolute atomic E-state index is 0.0433. The summed E-state index contributed by atoms with van der Waals surface area (Å²) in [6.07, 6.45) is 2.38. The van der Waals surface area contributed by atoms with Gasteiger partial charge in [0.1, 0.15) is 11.6 Å². The SMILES string of the molecule is COC(=O)c1nc(CC(C)N)n2ccc(OC)cc12. The van der Waals surface area contributed by atoms with E-state index in [4.69, 9.17) is 15.2 Å². The molecule has 0 aliphatic rings. The maximum atomic E-state index is 11.8. The number of carbonyl (C=O) groups is 1. The lowest BCUT2D eigenvalue weighted by molar-refractivity contribution is 0.0597. The monoisotopic (exact) mass is 263 g/mol. The van der Waals surface area contributed by atoms with Gasteiger partial charge in [0, 0.05) is 24.7 Å². The second-order valence-corrected chi connectivity index (χ2v) is 4.37. The number of imidazole rings is 1. The molecule has 19 heavy (non-hydrogen) atoms. The minimum atomic E-state index is -0.471. The van der Waals surface area contributed by atoms with Gasteiger partial charge in [0.05, 0.1) is 19.7 Å². The lowest BCUT2D eigenvalue weighted by Crippen LogP contribution is -2.19. The lowest BCUT2D eigenvalue weighted by atomic mass is 10.2. The van der Waals surface area contributed by atoms with Crippen LogP contribution in [-0.2, 0) is 11.2 Å². The summed E-state index contributed by atoms with van der Waals surface area (Å²) < 4.78 is 11.7. The quantitative estimate of drug-likeness (QED) is 0.833. The van der Waals surface area contributed by atoms with Gasteiger partial charge in [-0.1, -0.05) is 0 Å². The van der Waals surface area contributed by atoms with Gasteiger partial charge in [-0.15, -0.1) is 0 Å². The van der Waals surface area contributed by atoms with E-state index in [-0.39, 0.29) is 11.7 Å². The zero-order chi connectivity index (χ0) is 14.0. The van der Waals surface area contributed by atoms with Crippen LogP contribution in [-0.4, -0.2) is 35.6 Å². The van der Waals surface area contributed by atoms with Crippen molar-refractivity contribution in [2.45, 2.75) is 19.4 Å². The summed E-state index contributed by atoms with van der Waals surface area (Å²) in [4.78, 5) is 16.1. The van der Waals surface area contributed by atoms with Gasteiger partial charge in [0.25, 0.3) is 0 Å². The molecule has 2 N–H and O–H groups in total. The molecular weight excluding hydrogens is 246 g/mol. The average molecular weight is 263 g/mol. The highest BCUT2D eigenvalue weighted by atomic mass is 16.5. The van der Waals surface area contributed by atoms with Gasteiger partial charge >= 0.3 is 5.97 Å². The molecule has 1 atom stereocenters. The number of carbonyl (C=O) groups excluding carboxylic acids is 1. The molecule has 1 unspecified atom stereocenters. The first kappa shape index (κ1) is 13.4. The Kier molecular flexibility index (Phi) is 3.71. The van der Waals surface area contributed by atoms with Crippen molar-refractivity contribution in [3.63, 3.8) is 0 Å². The number of nitrogens with two attached hydrogens (primary N) is 1. The molecule has 6 nitrogen and oxygen atoms in total. The van der Waals surface area contributed by atoms with Crippen LogP contribution in [0.3, 0.4) is 0 Å². The van der Waals surface area contributed by atoms with Crippen LogP contribution in [0.15, 0.2) is 18.3 Å². The van der Waals surface area contributed by atoms with E-state index in [9.17, 15) is 4.79 Å². The normalized spacial score (nSPS) is 12.4. The molecule has 0 aromatic carbocycles. The molecule has 0 fully saturated rings. The summed E-state index contributed by atoms with van der Waals surface area (Å²) in [5.41, 5.74) is 6.72. The van der Waals surface area contributed by atoms with E-state index >= 15 is 0 Å². The van der Waals surface area contributed by atoms with Crippen molar-refractivity contribution in [3.8, 4) is 5.75 Å².